The number of aliphatic carboxylic acids is 1. The summed E-state index contributed by atoms with van der Waals surface area (Å²) in [5, 5.41) is 8.85. The maximum Gasteiger partial charge on any atom is 0.321 e. The number of rotatable bonds is 5. The van der Waals surface area contributed by atoms with E-state index in [1.807, 2.05) is 0 Å². The van der Waals surface area contributed by atoms with Crippen LogP contribution >= 0.6 is 11.6 Å². The van der Waals surface area contributed by atoms with Crippen LogP contribution in [0, 0.1) is 0 Å². The fourth-order valence-corrected chi connectivity index (χ4v) is 3.01. The monoisotopic (exact) mass is 277 g/mol. The van der Waals surface area contributed by atoms with Gasteiger partial charge in [0.1, 0.15) is 10.9 Å². The highest BCUT2D eigenvalue weighted by molar-refractivity contribution is 7.89. The number of nitrogens with one attached hydrogen (secondary N) is 1. The van der Waals surface area contributed by atoms with E-state index >= 15 is 0 Å². The number of hydrogen-bond donors (Lipinski definition) is 2. The van der Waals surface area contributed by atoms with Gasteiger partial charge in [0, 0.05) is 0 Å². The molecule has 1 atom stereocenters. The van der Waals surface area contributed by atoms with Crippen LogP contribution in [-0.2, 0) is 14.8 Å². The lowest BCUT2D eigenvalue weighted by atomic mass is 10.2. The summed E-state index contributed by atoms with van der Waals surface area (Å²) in [4.78, 5) is 10.6. The van der Waals surface area contributed by atoms with Gasteiger partial charge < -0.3 is 5.11 Å². The van der Waals surface area contributed by atoms with E-state index in [4.69, 9.17) is 16.7 Å². The lowest BCUT2D eigenvalue weighted by Gasteiger charge is -2.13. The first-order valence-electron chi connectivity index (χ1n) is 4.88. The third-order valence-electron chi connectivity index (χ3n) is 2.13. The van der Waals surface area contributed by atoms with Gasteiger partial charge in [0.05, 0.1) is 5.02 Å². The zero-order chi connectivity index (χ0) is 13.1. The first-order valence-corrected chi connectivity index (χ1v) is 6.74. The molecule has 0 aliphatic rings. The van der Waals surface area contributed by atoms with Crippen molar-refractivity contribution in [3.63, 3.8) is 0 Å². The summed E-state index contributed by atoms with van der Waals surface area (Å²) in [7, 11) is -3.91. The minimum atomic E-state index is -3.91. The Kier molecular flexibility index (Phi) is 4.50. The maximum atomic E-state index is 11.9. The molecule has 7 heteroatoms. The molecular formula is C10H12ClNO4S. The van der Waals surface area contributed by atoms with Crippen LogP contribution in [0.2, 0.25) is 5.02 Å². The fourth-order valence-electron chi connectivity index (χ4n) is 1.22. The van der Waals surface area contributed by atoms with Crippen molar-refractivity contribution in [2.24, 2.45) is 0 Å². The Morgan fingerprint density at radius 3 is 2.53 bits per heavy atom. The molecule has 0 radical (unpaired) electrons. The lowest BCUT2D eigenvalue weighted by Crippen LogP contribution is -2.40. The number of carboxylic acids is 1. The molecule has 1 aromatic carbocycles. The summed E-state index contributed by atoms with van der Waals surface area (Å²) in [5.41, 5.74) is 0. The molecule has 1 rings (SSSR count). The Balaban J connectivity index is 3.05. The Hall–Kier alpha value is -1.11. The van der Waals surface area contributed by atoms with Gasteiger partial charge in [-0.2, -0.15) is 4.72 Å². The first-order chi connectivity index (χ1) is 7.88. The van der Waals surface area contributed by atoms with Crippen LogP contribution in [-0.4, -0.2) is 25.5 Å². The number of halogens is 1. The predicted molar refractivity (Wildman–Crippen MR) is 63.5 cm³/mol. The summed E-state index contributed by atoms with van der Waals surface area (Å²) in [6.45, 7) is 1.58. The molecule has 0 saturated carbocycles. The average Bonchev–Trinajstić information content (AvgIpc) is 2.26. The summed E-state index contributed by atoms with van der Waals surface area (Å²) in [5.74, 6) is -1.22. The molecule has 0 aromatic heterocycles. The van der Waals surface area contributed by atoms with E-state index in [1.165, 1.54) is 18.2 Å². The standard InChI is InChI=1S/C10H12ClNO4S/c1-2-8(10(13)14)12-17(15,16)9-6-4-3-5-7(9)11/h3-6,8,12H,2H2,1H3,(H,13,14)/t8-/m0/s1. The number of carboxylic acid groups (broad SMARTS) is 1. The van der Waals surface area contributed by atoms with E-state index < -0.39 is 22.0 Å². The SMILES string of the molecule is CC[C@H](NS(=O)(=O)c1ccccc1Cl)C(=O)O. The molecule has 0 amide bonds. The topological polar surface area (TPSA) is 83.5 Å². The third-order valence-corrected chi connectivity index (χ3v) is 4.10. The third kappa shape index (κ3) is 3.42. The fraction of sp³-hybridized carbons (Fsp3) is 0.300. The quantitative estimate of drug-likeness (QED) is 0.854. The molecule has 17 heavy (non-hydrogen) atoms. The van der Waals surface area contributed by atoms with E-state index in [0.29, 0.717) is 0 Å². The van der Waals surface area contributed by atoms with Crippen molar-refractivity contribution < 1.29 is 18.3 Å². The van der Waals surface area contributed by atoms with Crippen LogP contribution in [0.15, 0.2) is 29.2 Å². The smallest absolute Gasteiger partial charge is 0.321 e. The molecule has 2 N–H and O–H groups in total. The molecule has 0 aliphatic carbocycles. The molecule has 5 nitrogen and oxygen atoms in total. The normalized spacial score (nSPS) is 13.3. The Morgan fingerprint density at radius 1 is 1.47 bits per heavy atom. The van der Waals surface area contributed by atoms with E-state index in [0.717, 1.165) is 0 Å². The van der Waals surface area contributed by atoms with Crippen molar-refractivity contribution in [3.8, 4) is 0 Å². The van der Waals surface area contributed by atoms with Gasteiger partial charge in [-0.3, -0.25) is 4.79 Å². The molecule has 0 heterocycles. The minimum Gasteiger partial charge on any atom is -0.480 e. The molecule has 0 fully saturated rings. The highest BCUT2D eigenvalue weighted by atomic mass is 35.5. The molecule has 0 saturated heterocycles. The van der Waals surface area contributed by atoms with E-state index in [2.05, 4.69) is 4.72 Å². The summed E-state index contributed by atoms with van der Waals surface area (Å²) in [6, 6.07) is 4.70. The average molecular weight is 278 g/mol. The van der Waals surface area contributed by atoms with Crippen LogP contribution < -0.4 is 4.72 Å². The second-order valence-electron chi connectivity index (χ2n) is 3.35. The van der Waals surface area contributed by atoms with Gasteiger partial charge in [-0.1, -0.05) is 30.7 Å². The van der Waals surface area contributed by atoms with E-state index in [9.17, 15) is 13.2 Å². The van der Waals surface area contributed by atoms with Crippen molar-refractivity contribution in [2.75, 3.05) is 0 Å². The predicted octanol–water partition coefficient (Wildman–Crippen LogP) is 1.48. The second kappa shape index (κ2) is 5.48. The maximum absolute atomic E-state index is 11.9. The van der Waals surface area contributed by atoms with Crippen molar-refractivity contribution in [1.29, 1.82) is 0 Å². The highest BCUT2D eigenvalue weighted by Gasteiger charge is 2.25. The van der Waals surface area contributed by atoms with Crippen molar-refractivity contribution in [3.05, 3.63) is 29.3 Å². The van der Waals surface area contributed by atoms with Gasteiger partial charge in [-0.05, 0) is 18.6 Å². The summed E-state index contributed by atoms with van der Waals surface area (Å²) >= 11 is 5.75. The van der Waals surface area contributed by atoms with Crippen LogP contribution in [0.1, 0.15) is 13.3 Å². The van der Waals surface area contributed by atoms with Gasteiger partial charge in [0.25, 0.3) is 0 Å². The molecule has 0 aliphatic heterocycles. The van der Waals surface area contributed by atoms with Crippen LogP contribution in [0.5, 0.6) is 0 Å². The number of benzene rings is 1. The zero-order valence-corrected chi connectivity index (χ0v) is 10.6. The van der Waals surface area contributed by atoms with Gasteiger partial charge in [-0.15, -0.1) is 0 Å². The lowest BCUT2D eigenvalue weighted by molar-refractivity contribution is -0.139. The zero-order valence-electron chi connectivity index (χ0n) is 9.05. The number of carbonyl (C=O) groups is 1. The largest absolute Gasteiger partial charge is 0.480 e. The van der Waals surface area contributed by atoms with Gasteiger partial charge in [0.15, 0.2) is 0 Å². The highest BCUT2D eigenvalue weighted by Crippen LogP contribution is 2.20. The Bertz CT molecular complexity index is 515. The van der Waals surface area contributed by atoms with Crippen LogP contribution in [0.25, 0.3) is 0 Å². The molecular weight excluding hydrogens is 266 g/mol. The molecule has 94 valence electrons. The van der Waals surface area contributed by atoms with Gasteiger partial charge in [-0.25, -0.2) is 8.42 Å². The van der Waals surface area contributed by atoms with Crippen LogP contribution in [0.4, 0.5) is 0 Å². The number of sulfonamides is 1. The molecule has 0 spiro atoms. The Labute approximate surface area is 104 Å². The molecule has 1 aromatic rings. The van der Waals surface area contributed by atoms with E-state index in [1.54, 1.807) is 13.0 Å². The van der Waals surface area contributed by atoms with Crippen molar-refractivity contribution in [2.45, 2.75) is 24.3 Å². The van der Waals surface area contributed by atoms with Gasteiger partial charge in [0.2, 0.25) is 10.0 Å². The first kappa shape index (κ1) is 14.0. The summed E-state index contributed by atoms with van der Waals surface area (Å²) < 4.78 is 25.8. The molecule has 0 unspecified atom stereocenters. The second-order valence-corrected chi connectivity index (χ2v) is 5.44. The Morgan fingerprint density at radius 2 is 2.06 bits per heavy atom. The van der Waals surface area contributed by atoms with Gasteiger partial charge >= 0.3 is 5.97 Å². The number of hydrogen-bond acceptors (Lipinski definition) is 3. The van der Waals surface area contributed by atoms with Crippen molar-refractivity contribution in [1.82, 2.24) is 4.72 Å². The van der Waals surface area contributed by atoms with E-state index in [-0.39, 0.29) is 16.3 Å². The molecule has 0 bridgehead atoms. The van der Waals surface area contributed by atoms with Crippen molar-refractivity contribution >= 4 is 27.6 Å². The van der Waals surface area contributed by atoms with Crippen LogP contribution in [0.3, 0.4) is 0 Å². The minimum absolute atomic E-state index is 0.0558. The summed E-state index contributed by atoms with van der Waals surface area (Å²) in [6.07, 6.45) is 0.152.